The van der Waals surface area contributed by atoms with E-state index in [1.165, 1.54) is 13.0 Å². The van der Waals surface area contributed by atoms with Crippen LogP contribution in [0.3, 0.4) is 0 Å². The second-order valence-electron chi connectivity index (χ2n) is 8.06. The quantitative estimate of drug-likeness (QED) is 0.452. The molecule has 31 heavy (non-hydrogen) atoms. The number of halogens is 4. The van der Waals surface area contributed by atoms with E-state index in [9.17, 15) is 18.0 Å². The number of nitrogens with one attached hydrogen (secondary N) is 1. The summed E-state index contributed by atoms with van der Waals surface area (Å²) in [6, 6.07) is 7.54. The minimum absolute atomic E-state index is 0.0248. The summed E-state index contributed by atoms with van der Waals surface area (Å²) in [5.41, 5.74) is 1.66. The molecule has 0 bridgehead atoms. The number of Topliss-reactive ketones (excluding diaryl/α,β-unsaturated/α-hetero) is 1. The maximum absolute atomic E-state index is 13.3. The summed E-state index contributed by atoms with van der Waals surface area (Å²) in [6.07, 6.45) is -4.41. The number of carbonyl (C=O) groups excluding carboxylic acids is 1. The molecule has 1 N–H and O–H groups in total. The molecule has 4 rings (SSSR count). The number of hydrogen-bond donors (Lipinski definition) is 1. The van der Waals surface area contributed by atoms with Crippen LogP contribution in [-0.4, -0.2) is 15.8 Å². The maximum Gasteiger partial charge on any atom is 0.416 e. The van der Waals surface area contributed by atoms with Crippen molar-refractivity contribution in [1.29, 1.82) is 0 Å². The Balaban J connectivity index is 1.76. The summed E-state index contributed by atoms with van der Waals surface area (Å²) in [4.78, 5) is 21.0. The zero-order valence-corrected chi connectivity index (χ0v) is 19.0. The number of fused-ring (bicyclic) bond motifs is 1. The lowest BCUT2D eigenvalue weighted by Gasteiger charge is -2.21. The first kappa shape index (κ1) is 21.7. The molecule has 0 amide bonds. The Morgan fingerprint density at radius 1 is 1.16 bits per heavy atom. The van der Waals surface area contributed by atoms with Gasteiger partial charge in [-0.2, -0.15) is 13.2 Å². The first-order chi connectivity index (χ1) is 14.5. The van der Waals surface area contributed by atoms with Gasteiger partial charge in [-0.1, -0.05) is 35.0 Å². The topological polar surface area (TPSA) is 54.9 Å². The van der Waals surface area contributed by atoms with E-state index >= 15 is 0 Å². The Morgan fingerprint density at radius 2 is 1.84 bits per heavy atom. The summed E-state index contributed by atoms with van der Waals surface area (Å²) in [6.45, 7) is 6.94. The van der Waals surface area contributed by atoms with Crippen LogP contribution in [-0.2, 0) is 11.0 Å². The molecule has 3 atom stereocenters. The highest BCUT2D eigenvalue weighted by molar-refractivity contribution is 9.10. The Hall–Kier alpha value is -2.48. The van der Waals surface area contributed by atoms with Crippen molar-refractivity contribution in [3.63, 3.8) is 0 Å². The molecule has 4 nitrogen and oxygen atoms in total. The van der Waals surface area contributed by atoms with Gasteiger partial charge in [-0.25, -0.2) is 9.97 Å². The van der Waals surface area contributed by atoms with Crippen LogP contribution in [0.2, 0.25) is 0 Å². The highest BCUT2D eigenvalue weighted by Gasteiger charge is 2.47. The van der Waals surface area contributed by atoms with Crippen molar-refractivity contribution < 1.29 is 18.0 Å². The highest BCUT2D eigenvalue weighted by atomic mass is 79.9. The van der Waals surface area contributed by atoms with Crippen LogP contribution >= 0.6 is 15.9 Å². The van der Waals surface area contributed by atoms with Crippen LogP contribution in [0.15, 0.2) is 34.8 Å². The van der Waals surface area contributed by atoms with Gasteiger partial charge in [0.05, 0.1) is 23.0 Å². The third-order valence-electron chi connectivity index (χ3n) is 5.91. The molecule has 3 aromatic rings. The van der Waals surface area contributed by atoms with Crippen LogP contribution in [0.5, 0.6) is 0 Å². The smallest absolute Gasteiger partial charge is 0.363 e. The van der Waals surface area contributed by atoms with Crippen LogP contribution < -0.4 is 5.32 Å². The molecule has 8 heteroatoms. The van der Waals surface area contributed by atoms with Gasteiger partial charge in [-0.3, -0.25) is 4.79 Å². The van der Waals surface area contributed by atoms with Gasteiger partial charge in [-0.05, 0) is 55.7 Å². The molecule has 0 saturated heterocycles. The Bertz CT molecular complexity index is 1210. The molecule has 1 fully saturated rings. The molecule has 1 saturated carbocycles. The van der Waals surface area contributed by atoms with E-state index in [1.807, 2.05) is 19.1 Å². The number of ketones is 1. The van der Waals surface area contributed by atoms with Gasteiger partial charge in [0.15, 0.2) is 0 Å². The third kappa shape index (κ3) is 3.93. The normalized spacial score (nSPS) is 19.5. The van der Waals surface area contributed by atoms with Gasteiger partial charge >= 0.3 is 6.18 Å². The van der Waals surface area contributed by atoms with Gasteiger partial charge in [0.1, 0.15) is 17.4 Å². The number of anilines is 1. The minimum atomic E-state index is -4.41. The standard InChI is InChI=1S/C23H21BrF3N3O/c1-10-14(6-5-7-17(10)23(25,26)27)12(3)28-22-16-8-15(20-11(2)21(20)31)18(24)9-19(16)29-13(4)30-22/h5-9,11-12,20H,1-4H3,(H,28,29,30)/t11?,12-,20?/m1/s1. The average Bonchev–Trinajstić information content (AvgIpc) is 3.26. The van der Waals surface area contributed by atoms with E-state index in [-0.39, 0.29) is 23.2 Å². The summed E-state index contributed by atoms with van der Waals surface area (Å²) in [5.74, 6) is 1.08. The van der Waals surface area contributed by atoms with E-state index in [0.29, 0.717) is 22.7 Å². The number of hydrogen-bond acceptors (Lipinski definition) is 4. The van der Waals surface area contributed by atoms with Gasteiger partial charge < -0.3 is 5.32 Å². The number of aromatic nitrogens is 2. The van der Waals surface area contributed by atoms with Crippen molar-refractivity contribution in [2.24, 2.45) is 5.92 Å². The molecule has 1 aliphatic rings. The molecule has 1 aliphatic carbocycles. The van der Waals surface area contributed by atoms with Gasteiger partial charge in [0, 0.05) is 15.8 Å². The fourth-order valence-electron chi connectivity index (χ4n) is 4.13. The highest BCUT2D eigenvalue weighted by Crippen LogP contribution is 2.46. The Kier molecular flexibility index (Phi) is 5.32. The van der Waals surface area contributed by atoms with E-state index in [4.69, 9.17) is 0 Å². The second-order valence-corrected chi connectivity index (χ2v) is 8.92. The Labute approximate surface area is 186 Å². The summed E-state index contributed by atoms with van der Waals surface area (Å²) < 4.78 is 40.8. The molecule has 1 heterocycles. The molecular weight excluding hydrogens is 471 g/mol. The zero-order valence-electron chi connectivity index (χ0n) is 17.4. The average molecular weight is 492 g/mol. The SMILES string of the molecule is Cc1nc(N[C@H](C)c2cccc(C(F)(F)F)c2C)c2cc(C3C(=O)C3C)c(Br)cc2n1. The monoisotopic (exact) mass is 491 g/mol. The fraction of sp³-hybridized carbons (Fsp3) is 0.348. The molecule has 0 aliphatic heterocycles. The maximum atomic E-state index is 13.3. The number of alkyl halides is 3. The van der Waals surface area contributed by atoms with Crippen molar-refractivity contribution in [3.8, 4) is 0 Å². The third-order valence-corrected chi connectivity index (χ3v) is 6.59. The number of aryl methyl sites for hydroxylation is 1. The molecule has 2 unspecified atom stereocenters. The zero-order chi connectivity index (χ0) is 22.7. The van der Waals surface area contributed by atoms with E-state index in [0.717, 1.165) is 21.5 Å². The lowest BCUT2D eigenvalue weighted by atomic mass is 9.97. The van der Waals surface area contributed by atoms with Gasteiger partial charge in [-0.15, -0.1) is 0 Å². The summed E-state index contributed by atoms with van der Waals surface area (Å²) >= 11 is 3.55. The van der Waals surface area contributed by atoms with Crippen LogP contribution in [0, 0.1) is 19.8 Å². The fourth-order valence-corrected chi connectivity index (χ4v) is 4.71. The van der Waals surface area contributed by atoms with Crippen molar-refractivity contribution in [3.05, 3.63) is 62.9 Å². The first-order valence-corrected chi connectivity index (χ1v) is 10.7. The van der Waals surface area contributed by atoms with Crippen molar-refractivity contribution >= 4 is 38.4 Å². The molecule has 0 spiro atoms. The van der Waals surface area contributed by atoms with E-state index in [1.54, 1.807) is 19.9 Å². The largest absolute Gasteiger partial charge is 0.416 e. The predicted octanol–water partition coefficient (Wildman–Crippen LogP) is 6.50. The van der Waals surface area contributed by atoms with Crippen molar-refractivity contribution in [2.45, 2.75) is 45.8 Å². The lowest BCUT2D eigenvalue weighted by molar-refractivity contribution is -0.138. The Morgan fingerprint density at radius 3 is 2.45 bits per heavy atom. The second kappa shape index (κ2) is 7.58. The van der Waals surface area contributed by atoms with Gasteiger partial charge in [0.2, 0.25) is 0 Å². The number of rotatable bonds is 4. The van der Waals surface area contributed by atoms with Crippen molar-refractivity contribution in [2.75, 3.05) is 5.32 Å². The molecular formula is C23H21BrF3N3O. The van der Waals surface area contributed by atoms with E-state index < -0.39 is 17.8 Å². The molecule has 162 valence electrons. The van der Waals surface area contributed by atoms with Crippen LogP contribution in [0.1, 0.15) is 53.9 Å². The molecule has 0 radical (unpaired) electrons. The van der Waals surface area contributed by atoms with Crippen LogP contribution in [0.4, 0.5) is 19.0 Å². The number of nitrogens with zero attached hydrogens (tertiary/aromatic N) is 2. The predicted molar refractivity (Wildman–Crippen MR) is 117 cm³/mol. The van der Waals surface area contributed by atoms with Gasteiger partial charge in [0.25, 0.3) is 0 Å². The summed E-state index contributed by atoms with van der Waals surface area (Å²) in [7, 11) is 0. The minimum Gasteiger partial charge on any atom is -0.363 e. The van der Waals surface area contributed by atoms with E-state index in [2.05, 4.69) is 31.2 Å². The summed E-state index contributed by atoms with van der Waals surface area (Å²) in [5, 5.41) is 4.00. The van der Waals surface area contributed by atoms with Crippen LogP contribution in [0.25, 0.3) is 10.9 Å². The number of benzene rings is 2. The molecule has 2 aromatic carbocycles. The number of carbonyl (C=O) groups is 1. The first-order valence-electron chi connectivity index (χ1n) is 9.93. The molecule has 1 aromatic heterocycles. The lowest BCUT2D eigenvalue weighted by Crippen LogP contribution is -2.14. The van der Waals surface area contributed by atoms with Crippen molar-refractivity contribution in [1.82, 2.24) is 9.97 Å².